The van der Waals surface area contributed by atoms with Gasteiger partial charge in [-0.1, -0.05) is 11.6 Å². The van der Waals surface area contributed by atoms with Crippen LogP contribution >= 0.6 is 11.6 Å². The lowest BCUT2D eigenvalue weighted by Crippen LogP contribution is -1.97. The predicted octanol–water partition coefficient (Wildman–Crippen LogP) is 3.67. The molecule has 1 atom stereocenters. The molecule has 3 aromatic rings. The van der Waals surface area contributed by atoms with Gasteiger partial charge in [-0.2, -0.15) is 0 Å². The van der Waals surface area contributed by atoms with Crippen LogP contribution in [0.15, 0.2) is 47.5 Å². The van der Waals surface area contributed by atoms with Gasteiger partial charge in [-0.3, -0.25) is 0 Å². The fourth-order valence-corrected chi connectivity index (χ4v) is 2.73. The number of benzene rings is 1. The van der Waals surface area contributed by atoms with Crippen molar-refractivity contribution in [3.8, 4) is 11.3 Å². The Morgan fingerprint density at radius 2 is 2.05 bits per heavy atom. The van der Waals surface area contributed by atoms with Crippen molar-refractivity contribution in [3.63, 3.8) is 0 Å². The van der Waals surface area contributed by atoms with E-state index in [1.807, 2.05) is 0 Å². The Labute approximate surface area is 126 Å². The van der Waals surface area contributed by atoms with Crippen LogP contribution in [0.5, 0.6) is 0 Å². The van der Waals surface area contributed by atoms with Crippen LogP contribution in [0.1, 0.15) is 0 Å². The molecule has 3 rings (SSSR count). The monoisotopic (exact) mass is 322 g/mol. The third-order valence-electron chi connectivity index (χ3n) is 2.94. The van der Waals surface area contributed by atoms with E-state index in [9.17, 15) is 13.2 Å². The van der Waals surface area contributed by atoms with Gasteiger partial charge >= 0.3 is 0 Å². The molecule has 0 spiro atoms. The number of hydrogen-bond donors (Lipinski definition) is 1. The maximum absolute atomic E-state index is 13.9. The summed E-state index contributed by atoms with van der Waals surface area (Å²) in [5.74, 6) is -0.517. The van der Waals surface area contributed by atoms with Crippen LogP contribution in [0.2, 0.25) is 5.02 Å². The molecular formula is C14H8ClFN2O2S. The highest BCUT2D eigenvalue weighted by molar-refractivity contribution is 7.79. The highest BCUT2D eigenvalue weighted by Gasteiger charge is 2.14. The molecule has 1 aromatic carbocycles. The van der Waals surface area contributed by atoms with Gasteiger partial charge < -0.3 is 4.55 Å². The zero-order chi connectivity index (χ0) is 15.0. The molecule has 106 valence electrons. The first kappa shape index (κ1) is 14.1. The first-order valence-electron chi connectivity index (χ1n) is 5.88. The minimum atomic E-state index is -2.23. The Hall–Kier alpha value is -1.89. The lowest BCUT2D eigenvalue weighted by molar-refractivity contribution is 0.565. The van der Waals surface area contributed by atoms with Gasteiger partial charge in [0.05, 0.1) is 10.6 Å². The van der Waals surface area contributed by atoms with Crippen molar-refractivity contribution >= 4 is 33.7 Å². The maximum Gasteiger partial charge on any atom is 0.187 e. The molecule has 7 heteroatoms. The first-order chi connectivity index (χ1) is 10.1. The van der Waals surface area contributed by atoms with E-state index in [-0.39, 0.29) is 21.8 Å². The summed E-state index contributed by atoms with van der Waals surface area (Å²) in [4.78, 5) is 8.41. The molecule has 1 N–H and O–H groups in total. The zero-order valence-electron chi connectivity index (χ0n) is 10.5. The lowest BCUT2D eigenvalue weighted by atomic mass is 10.1. The quantitative estimate of drug-likeness (QED) is 0.731. The number of pyridine rings is 2. The Kier molecular flexibility index (Phi) is 3.67. The van der Waals surface area contributed by atoms with E-state index in [1.165, 1.54) is 30.5 Å². The summed E-state index contributed by atoms with van der Waals surface area (Å²) in [6, 6.07) is 8.70. The number of aromatic nitrogens is 2. The van der Waals surface area contributed by atoms with Crippen LogP contribution in [0.4, 0.5) is 4.39 Å². The topological polar surface area (TPSA) is 63.1 Å². The van der Waals surface area contributed by atoms with Crippen molar-refractivity contribution in [2.24, 2.45) is 0 Å². The van der Waals surface area contributed by atoms with E-state index in [2.05, 4.69) is 9.97 Å². The second kappa shape index (κ2) is 5.48. The third kappa shape index (κ3) is 2.65. The number of halogens is 2. The van der Waals surface area contributed by atoms with Gasteiger partial charge in [-0.05, 0) is 36.4 Å². The fourth-order valence-electron chi connectivity index (χ4n) is 2.00. The molecular weight excluding hydrogens is 315 g/mol. The van der Waals surface area contributed by atoms with Gasteiger partial charge in [0.1, 0.15) is 5.82 Å². The summed E-state index contributed by atoms with van der Waals surface area (Å²) in [7, 11) is 0. The van der Waals surface area contributed by atoms with Gasteiger partial charge in [-0.15, -0.1) is 0 Å². The first-order valence-corrected chi connectivity index (χ1v) is 7.37. The van der Waals surface area contributed by atoms with E-state index in [4.69, 9.17) is 11.6 Å². The molecule has 0 radical (unpaired) electrons. The summed E-state index contributed by atoms with van der Waals surface area (Å²) in [6.07, 6.45) is 1.51. The molecule has 0 fully saturated rings. The molecule has 0 bridgehead atoms. The largest absolute Gasteiger partial charge is 0.302 e. The van der Waals surface area contributed by atoms with Gasteiger partial charge in [-0.25, -0.2) is 18.6 Å². The van der Waals surface area contributed by atoms with Gasteiger partial charge in [0.25, 0.3) is 0 Å². The number of nitrogens with zero attached hydrogens (tertiary/aromatic N) is 2. The second-order valence-corrected chi connectivity index (χ2v) is 5.63. The Morgan fingerprint density at radius 3 is 2.81 bits per heavy atom. The second-order valence-electron chi connectivity index (χ2n) is 4.25. The summed E-state index contributed by atoms with van der Waals surface area (Å²) in [5.41, 5.74) is 0.632. The van der Waals surface area contributed by atoms with Crippen LogP contribution in [0.25, 0.3) is 22.3 Å². The maximum atomic E-state index is 13.9. The van der Waals surface area contributed by atoms with Crippen LogP contribution in [0.3, 0.4) is 0 Å². The third-order valence-corrected chi connectivity index (χ3v) is 3.89. The van der Waals surface area contributed by atoms with E-state index < -0.39 is 16.9 Å². The molecule has 0 aliphatic carbocycles. The highest BCUT2D eigenvalue weighted by atomic mass is 35.5. The molecule has 2 heterocycles. The standard InChI is InChI=1S/C14H8ClFN2O2S/c15-8-3-4-11(16)10(6-8)12-7-13(21(19)20)9-2-1-5-17-14(9)18-12/h1-7H,(H,19,20). The smallest absolute Gasteiger partial charge is 0.187 e. The predicted molar refractivity (Wildman–Crippen MR) is 79.0 cm³/mol. The van der Waals surface area contributed by atoms with Gasteiger partial charge in [0.2, 0.25) is 0 Å². The van der Waals surface area contributed by atoms with Crippen molar-refractivity contribution in [2.45, 2.75) is 4.90 Å². The molecule has 0 aliphatic heterocycles. The van der Waals surface area contributed by atoms with Crippen molar-refractivity contribution in [2.75, 3.05) is 0 Å². The van der Waals surface area contributed by atoms with Gasteiger partial charge in [0, 0.05) is 22.2 Å². The Morgan fingerprint density at radius 1 is 1.24 bits per heavy atom. The normalized spacial score (nSPS) is 12.5. The van der Waals surface area contributed by atoms with Crippen LogP contribution in [-0.4, -0.2) is 18.7 Å². The summed E-state index contributed by atoms with van der Waals surface area (Å²) < 4.78 is 34.8. The molecule has 2 aromatic heterocycles. The van der Waals surface area contributed by atoms with Crippen LogP contribution < -0.4 is 0 Å². The molecule has 0 saturated heterocycles. The molecule has 1 unspecified atom stereocenters. The summed E-state index contributed by atoms with van der Waals surface area (Å²) >= 11 is 3.63. The van der Waals surface area contributed by atoms with Crippen molar-refractivity contribution in [3.05, 3.63) is 53.4 Å². The minimum absolute atomic E-state index is 0.127. The number of hydrogen-bond acceptors (Lipinski definition) is 3. The van der Waals surface area contributed by atoms with E-state index >= 15 is 0 Å². The summed E-state index contributed by atoms with van der Waals surface area (Å²) in [6.45, 7) is 0. The molecule has 0 saturated carbocycles. The fraction of sp³-hybridized carbons (Fsp3) is 0. The minimum Gasteiger partial charge on any atom is -0.302 e. The molecule has 0 amide bonds. The average Bonchev–Trinajstić information content (AvgIpc) is 2.48. The molecule has 21 heavy (non-hydrogen) atoms. The average molecular weight is 323 g/mol. The van der Waals surface area contributed by atoms with Crippen molar-refractivity contribution in [1.82, 2.24) is 9.97 Å². The van der Waals surface area contributed by atoms with E-state index in [0.29, 0.717) is 10.4 Å². The van der Waals surface area contributed by atoms with E-state index in [0.717, 1.165) is 0 Å². The van der Waals surface area contributed by atoms with Crippen molar-refractivity contribution < 1.29 is 13.2 Å². The van der Waals surface area contributed by atoms with E-state index in [1.54, 1.807) is 12.1 Å². The Balaban J connectivity index is 2.33. The highest BCUT2D eigenvalue weighted by Crippen LogP contribution is 2.29. The number of fused-ring (bicyclic) bond motifs is 1. The SMILES string of the molecule is O=S(O)c1cc(-c2cc(Cl)ccc2F)nc2ncccc12. The van der Waals surface area contributed by atoms with Crippen LogP contribution in [0, 0.1) is 5.82 Å². The van der Waals surface area contributed by atoms with Gasteiger partial charge in [0.15, 0.2) is 16.7 Å². The van der Waals surface area contributed by atoms with Crippen molar-refractivity contribution in [1.29, 1.82) is 0 Å². The molecule has 0 aliphatic rings. The summed E-state index contributed by atoms with van der Waals surface area (Å²) in [5, 5.41) is 0.797. The zero-order valence-corrected chi connectivity index (χ0v) is 12.0. The Bertz CT molecular complexity index is 873. The van der Waals surface area contributed by atoms with Crippen LogP contribution in [-0.2, 0) is 11.1 Å². The lowest BCUT2D eigenvalue weighted by Gasteiger charge is -2.07. The number of rotatable bonds is 2. The molecule has 4 nitrogen and oxygen atoms in total.